The first-order valence-corrected chi connectivity index (χ1v) is 11.0. The Bertz CT molecular complexity index is 1050. The number of nitrogens with zero attached hydrogens (tertiary/aromatic N) is 4. The summed E-state index contributed by atoms with van der Waals surface area (Å²) in [5, 5.41) is 4.48. The average Bonchev–Trinajstić information content (AvgIpc) is 2.79. The molecule has 1 aliphatic rings. The van der Waals surface area contributed by atoms with Crippen molar-refractivity contribution in [2.45, 2.75) is 25.8 Å². The molecule has 1 aromatic carbocycles. The molecule has 31 heavy (non-hydrogen) atoms. The molecule has 2 atom stereocenters. The molecule has 1 fully saturated rings. The average molecular weight is 456 g/mol. The highest BCUT2D eigenvalue weighted by Crippen LogP contribution is 2.30. The van der Waals surface area contributed by atoms with Crippen LogP contribution in [0.3, 0.4) is 0 Å². The van der Waals surface area contributed by atoms with Crippen LogP contribution in [0.5, 0.6) is 0 Å². The van der Waals surface area contributed by atoms with Gasteiger partial charge in [0.2, 0.25) is 0 Å². The number of rotatable bonds is 5. The fourth-order valence-electron chi connectivity index (χ4n) is 3.98. The van der Waals surface area contributed by atoms with Crippen molar-refractivity contribution in [2.75, 3.05) is 18.4 Å². The molecule has 2 aromatic heterocycles. The second-order valence-electron chi connectivity index (χ2n) is 7.69. The zero-order valence-corrected chi connectivity index (χ0v) is 18.6. The summed E-state index contributed by atoms with van der Waals surface area (Å²) in [6.45, 7) is 3.48. The van der Waals surface area contributed by atoms with Gasteiger partial charge in [0.25, 0.3) is 5.91 Å². The van der Waals surface area contributed by atoms with Crippen molar-refractivity contribution < 1.29 is 4.79 Å². The molecule has 1 N–H and O–H groups in total. The number of halogens is 2. The number of anilines is 1. The molecule has 0 saturated carbocycles. The van der Waals surface area contributed by atoms with Crippen LogP contribution in [0.2, 0.25) is 10.0 Å². The number of benzene rings is 1. The Labute approximate surface area is 191 Å². The highest BCUT2D eigenvalue weighted by atomic mass is 35.5. The Morgan fingerprint density at radius 2 is 1.90 bits per heavy atom. The SMILES string of the molecule is C[C@@H]1CCCN(C(=O)c2ccc(Cl)cc2-c2ncccn2)C1CNc1ccc(Cl)cn1. The van der Waals surface area contributed by atoms with Crippen molar-refractivity contribution in [2.24, 2.45) is 5.92 Å². The molecule has 1 aliphatic heterocycles. The van der Waals surface area contributed by atoms with Gasteiger partial charge in [-0.15, -0.1) is 0 Å². The van der Waals surface area contributed by atoms with Gasteiger partial charge < -0.3 is 10.2 Å². The summed E-state index contributed by atoms with van der Waals surface area (Å²) >= 11 is 12.2. The summed E-state index contributed by atoms with van der Waals surface area (Å²) in [5.41, 5.74) is 1.20. The lowest BCUT2D eigenvalue weighted by Crippen LogP contribution is -2.51. The lowest BCUT2D eigenvalue weighted by Gasteiger charge is -2.40. The summed E-state index contributed by atoms with van der Waals surface area (Å²) in [5.74, 6) is 1.53. The van der Waals surface area contributed by atoms with E-state index < -0.39 is 0 Å². The quantitative estimate of drug-likeness (QED) is 0.572. The lowest BCUT2D eigenvalue weighted by molar-refractivity contribution is 0.0541. The van der Waals surface area contributed by atoms with Crippen molar-refractivity contribution in [3.05, 3.63) is 70.6 Å². The van der Waals surface area contributed by atoms with Gasteiger partial charge in [0.1, 0.15) is 5.82 Å². The third-order valence-electron chi connectivity index (χ3n) is 5.61. The molecule has 160 valence electrons. The third-order valence-corrected chi connectivity index (χ3v) is 6.07. The molecule has 1 saturated heterocycles. The third kappa shape index (κ3) is 4.97. The molecule has 4 rings (SSSR count). The predicted molar refractivity (Wildman–Crippen MR) is 123 cm³/mol. The van der Waals surface area contributed by atoms with E-state index >= 15 is 0 Å². The van der Waals surface area contributed by atoms with Gasteiger partial charge in [-0.25, -0.2) is 15.0 Å². The van der Waals surface area contributed by atoms with Crippen LogP contribution >= 0.6 is 23.2 Å². The first-order valence-electron chi connectivity index (χ1n) is 10.3. The number of carbonyl (C=O) groups is 1. The molecule has 6 nitrogen and oxygen atoms in total. The van der Waals surface area contributed by atoms with Crippen molar-refractivity contribution in [1.82, 2.24) is 19.9 Å². The number of nitrogens with one attached hydrogen (secondary N) is 1. The number of carbonyl (C=O) groups excluding carboxylic acids is 1. The van der Waals surface area contributed by atoms with Gasteiger partial charge in [-0.2, -0.15) is 0 Å². The standard InChI is InChI=1S/C23H23Cl2N5O/c1-15-4-2-11-30(20(15)14-29-21-8-6-17(25)13-28-21)23(31)18-7-5-16(24)12-19(18)22-26-9-3-10-27-22/h3,5-10,12-13,15,20H,2,4,11,14H2,1H3,(H,28,29)/t15-,20?/m1/s1. The van der Waals surface area contributed by atoms with Crippen LogP contribution in [0.15, 0.2) is 55.0 Å². The Morgan fingerprint density at radius 3 is 2.65 bits per heavy atom. The van der Waals surface area contributed by atoms with Crippen LogP contribution in [0, 0.1) is 5.92 Å². The van der Waals surface area contributed by atoms with E-state index in [9.17, 15) is 4.79 Å². The molecule has 8 heteroatoms. The molecule has 1 amide bonds. The normalized spacial score (nSPS) is 18.6. The van der Waals surface area contributed by atoms with E-state index in [0.29, 0.717) is 46.0 Å². The van der Waals surface area contributed by atoms with E-state index in [0.717, 1.165) is 18.7 Å². The minimum Gasteiger partial charge on any atom is -0.368 e. The van der Waals surface area contributed by atoms with E-state index in [4.69, 9.17) is 23.2 Å². The molecule has 0 spiro atoms. The number of aromatic nitrogens is 3. The van der Waals surface area contributed by atoms with Crippen LogP contribution in [-0.2, 0) is 0 Å². The summed E-state index contributed by atoms with van der Waals surface area (Å²) in [4.78, 5) is 28.6. The minimum atomic E-state index is -0.0402. The van der Waals surface area contributed by atoms with Crippen molar-refractivity contribution in [3.63, 3.8) is 0 Å². The number of pyridine rings is 1. The summed E-state index contributed by atoms with van der Waals surface area (Å²) in [6.07, 6.45) is 6.96. The largest absolute Gasteiger partial charge is 0.368 e. The molecule has 1 unspecified atom stereocenters. The number of hydrogen-bond acceptors (Lipinski definition) is 5. The number of likely N-dealkylation sites (tertiary alicyclic amines) is 1. The van der Waals surface area contributed by atoms with Crippen LogP contribution in [-0.4, -0.2) is 44.9 Å². The zero-order valence-electron chi connectivity index (χ0n) is 17.1. The van der Waals surface area contributed by atoms with Crippen LogP contribution in [0.1, 0.15) is 30.1 Å². The Balaban J connectivity index is 1.61. The summed E-state index contributed by atoms with van der Waals surface area (Å²) < 4.78 is 0. The second-order valence-corrected chi connectivity index (χ2v) is 8.56. The fraction of sp³-hybridized carbons (Fsp3) is 0.304. The van der Waals surface area contributed by atoms with E-state index in [1.807, 2.05) is 11.0 Å². The molecule has 0 radical (unpaired) electrons. The number of amides is 1. The van der Waals surface area contributed by atoms with Gasteiger partial charge in [-0.3, -0.25) is 4.79 Å². The van der Waals surface area contributed by atoms with Crippen molar-refractivity contribution in [1.29, 1.82) is 0 Å². The van der Waals surface area contributed by atoms with Gasteiger partial charge in [-0.1, -0.05) is 30.1 Å². The van der Waals surface area contributed by atoms with Crippen LogP contribution in [0.4, 0.5) is 5.82 Å². The van der Waals surface area contributed by atoms with Crippen LogP contribution in [0.25, 0.3) is 11.4 Å². The van der Waals surface area contributed by atoms with Gasteiger partial charge in [0, 0.05) is 42.3 Å². The highest BCUT2D eigenvalue weighted by Gasteiger charge is 2.33. The summed E-state index contributed by atoms with van der Waals surface area (Å²) in [7, 11) is 0. The van der Waals surface area contributed by atoms with Gasteiger partial charge in [-0.05, 0) is 55.2 Å². The smallest absolute Gasteiger partial charge is 0.254 e. The van der Waals surface area contributed by atoms with E-state index in [1.165, 1.54) is 0 Å². The predicted octanol–water partition coefficient (Wildman–Crippen LogP) is 5.20. The topological polar surface area (TPSA) is 71.0 Å². The first-order chi connectivity index (χ1) is 15.0. The Hall–Kier alpha value is -2.70. The maximum atomic E-state index is 13.7. The molecule has 3 heterocycles. The maximum Gasteiger partial charge on any atom is 0.254 e. The van der Waals surface area contributed by atoms with Gasteiger partial charge in [0.05, 0.1) is 16.6 Å². The molecule has 3 aromatic rings. The molecular weight excluding hydrogens is 433 g/mol. The Morgan fingerprint density at radius 1 is 1.13 bits per heavy atom. The maximum absolute atomic E-state index is 13.7. The van der Waals surface area contributed by atoms with Gasteiger partial charge >= 0.3 is 0 Å². The minimum absolute atomic E-state index is 0.0268. The van der Waals surface area contributed by atoms with E-state index in [2.05, 4.69) is 27.2 Å². The van der Waals surface area contributed by atoms with Crippen molar-refractivity contribution in [3.8, 4) is 11.4 Å². The second kappa shape index (κ2) is 9.62. The van der Waals surface area contributed by atoms with E-state index in [1.54, 1.807) is 48.9 Å². The highest BCUT2D eigenvalue weighted by molar-refractivity contribution is 6.31. The monoisotopic (exact) mass is 455 g/mol. The fourth-order valence-corrected chi connectivity index (χ4v) is 4.27. The van der Waals surface area contributed by atoms with Crippen molar-refractivity contribution >= 4 is 34.9 Å². The zero-order chi connectivity index (χ0) is 21.8. The van der Waals surface area contributed by atoms with Crippen LogP contribution < -0.4 is 5.32 Å². The Kier molecular flexibility index (Phi) is 6.68. The summed E-state index contributed by atoms with van der Waals surface area (Å²) in [6, 6.07) is 10.7. The first kappa shape index (κ1) is 21.5. The van der Waals surface area contributed by atoms with E-state index in [-0.39, 0.29) is 11.9 Å². The lowest BCUT2D eigenvalue weighted by atomic mass is 9.89. The molecule has 0 bridgehead atoms. The van der Waals surface area contributed by atoms with Gasteiger partial charge in [0.15, 0.2) is 5.82 Å². The molecule has 0 aliphatic carbocycles. The number of piperidine rings is 1. The number of hydrogen-bond donors (Lipinski definition) is 1. The molecular formula is C23H23Cl2N5O.